The highest BCUT2D eigenvalue weighted by molar-refractivity contribution is 5.95. The van der Waals surface area contributed by atoms with E-state index in [1.807, 2.05) is 26.8 Å². The van der Waals surface area contributed by atoms with Gasteiger partial charge in [0, 0.05) is 18.9 Å². The van der Waals surface area contributed by atoms with Gasteiger partial charge < -0.3 is 10.2 Å². The molecule has 5 nitrogen and oxygen atoms in total. The maximum absolute atomic E-state index is 12.5. The fourth-order valence-electron chi connectivity index (χ4n) is 2.37. The molecule has 2 amide bonds. The fourth-order valence-corrected chi connectivity index (χ4v) is 2.37. The van der Waals surface area contributed by atoms with Crippen LogP contribution in [0.4, 0.5) is 0 Å². The maximum atomic E-state index is 12.5. The summed E-state index contributed by atoms with van der Waals surface area (Å²) in [5.74, 6) is 0.0737. The molecule has 0 radical (unpaired) electrons. The fraction of sp³-hybridized carbons (Fsp3) is 0.533. The summed E-state index contributed by atoms with van der Waals surface area (Å²) in [5.41, 5.74) is 2.07. The second-order valence-electron chi connectivity index (χ2n) is 5.43. The van der Waals surface area contributed by atoms with Gasteiger partial charge in [-0.3, -0.25) is 14.6 Å². The molecule has 0 aromatic carbocycles. The average molecular weight is 275 g/mol. The van der Waals surface area contributed by atoms with E-state index < -0.39 is 6.04 Å². The number of nitrogens with zero attached hydrogens (tertiary/aromatic N) is 2. The van der Waals surface area contributed by atoms with Gasteiger partial charge in [0.15, 0.2) is 0 Å². The van der Waals surface area contributed by atoms with Gasteiger partial charge in [-0.2, -0.15) is 0 Å². The van der Waals surface area contributed by atoms with Gasteiger partial charge in [-0.15, -0.1) is 0 Å². The number of piperazine rings is 1. The quantitative estimate of drug-likeness (QED) is 0.900. The normalized spacial score (nSPS) is 20.8. The zero-order valence-corrected chi connectivity index (χ0v) is 12.2. The molecule has 2 heterocycles. The minimum absolute atomic E-state index is 0.00941. The van der Waals surface area contributed by atoms with E-state index >= 15 is 0 Å². The number of aromatic nitrogens is 1. The lowest BCUT2D eigenvalue weighted by molar-refractivity contribution is -0.146. The number of hydrogen-bond acceptors (Lipinski definition) is 3. The van der Waals surface area contributed by atoms with Crippen LogP contribution in [0.15, 0.2) is 18.5 Å². The number of rotatable bonds is 4. The van der Waals surface area contributed by atoms with Crippen LogP contribution in [0, 0.1) is 12.8 Å². The molecule has 1 aliphatic heterocycles. The summed E-state index contributed by atoms with van der Waals surface area (Å²) >= 11 is 0. The monoisotopic (exact) mass is 275 g/mol. The Bertz CT molecular complexity index is 516. The van der Waals surface area contributed by atoms with Gasteiger partial charge in [0.25, 0.3) is 0 Å². The van der Waals surface area contributed by atoms with Crippen molar-refractivity contribution in [2.45, 2.75) is 39.8 Å². The molecule has 1 aromatic heterocycles. The van der Waals surface area contributed by atoms with Crippen molar-refractivity contribution in [3.63, 3.8) is 0 Å². The van der Waals surface area contributed by atoms with Crippen LogP contribution in [0.3, 0.4) is 0 Å². The van der Waals surface area contributed by atoms with Crippen molar-refractivity contribution in [2.24, 2.45) is 5.92 Å². The number of aryl methyl sites for hydroxylation is 1. The smallest absolute Gasteiger partial charge is 0.246 e. The second-order valence-corrected chi connectivity index (χ2v) is 5.43. The minimum atomic E-state index is -0.400. The number of carbonyl (C=O) groups excluding carboxylic acids is 2. The first kappa shape index (κ1) is 14.5. The summed E-state index contributed by atoms with van der Waals surface area (Å²) in [7, 11) is 0. The molecule has 2 unspecified atom stereocenters. The molecule has 2 rings (SSSR count). The Morgan fingerprint density at radius 2 is 2.25 bits per heavy atom. The Kier molecular flexibility index (Phi) is 4.37. The van der Waals surface area contributed by atoms with Crippen molar-refractivity contribution in [3.05, 3.63) is 29.6 Å². The third-order valence-electron chi connectivity index (χ3n) is 3.94. The van der Waals surface area contributed by atoms with E-state index in [9.17, 15) is 9.59 Å². The highest BCUT2D eigenvalue weighted by Gasteiger charge is 2.35. The molecule has 0 aliphatic carbocycles. The van der Waals surface area contributed by atoms with E-state index in [0.717, 1.165) is 17.5 Å². The summed E-state index contributed by atoms with van der Waals surface area (Å²) in [6, 6.07) is 1.50. The molecular weight excluding hydrogens is 254 g/mol. The minimum Gasteiger partial charge on any atom is -0.342 e. The molecule has 1 fully saturated rings. The molecule has 2 atom stereocenters. The van der Waals surface area contributed by atoms with E-state index in [2.05, 4.69) is 10.3 Å². The lowest BCUT2D eigenvalue weighted by Gasteiger charge is -2.35. The average Bonchev–Trinajstić information content (AvgIpc) is 2.44. The predicted octanol–water partition coefficient (Wildman–Crippen LogP) is 1.26. The predicted molar refractivity (Wildman–Crippen MR) is 75.8 cm³/mol. The highest BCUT2D eigenvalue weighted by atomic mass is 16.2. The summed E-state index contributed by atoms with van der Waals surface area (Å²) < 4.78 is 0. The zero-order valence-electron chi connectivity index (χ0n) is 12.2. The van der Waals surface area contributed by atoms with Crippen molar-refractivity contribution in [2.75, 3.05) is 6.54 Å². The Balaban J connectivity index is 2.16. The largest absolute Gasteiger partial charge is 0.342 e. The first-order chi connectivity index (χ1) is 9.52. The van der Waals surface area contributed by atoms with Crippen LogP contribution < -0.4 is 5.32 Å². The molecule has 1 aliphatic rings. The van der Waals surface area contributed by atoms with E-state index in [0.29, 0.717) is 6.54 Å². The summed E-state index contributed by atoms with van der Waals surface area (Å²) in [6.45, 7) is 6.57. The van der Waals surface area contributed by atoms with Gasteiger partial charge >= 0.3 is 0 Å². The van der Waals surface area contributed by atoms with E-state index in [1.165, 1.54) is 0 Å². The first-order valence-electron chi connectivity index (χ1n) is 7.00. The first-order valence-corrected chi connectivity index (χ1v) is 7.00. The Morgan fingerprint density at radius 1 is 1.50 bits per heavy atom. The molecule has 1 N–H and O–H groups in total. The Hall–Kier alpha value is -1.91. The van der Waals surface area contributed by atoms with Crippen molar-refractivity contribution >= 4 is 11.8 Å². The molecule has 20 heavy (non-hydrogen) atoms. The Morgan fingerprint density at radius 3 is 2.90 bits per heavy atom. The molecule has 0 spiro atoms. The standard InChI is InChI=1S/C15H21N3O2/c1-4-10(2)14-15(20)18(9-13(19)17-14)8-12-5-6-16-7-11(12)3/h5-7,10,14H,4,8-9H2,1-3H3,(H,17,19). The van der Waals surface area contributed by atoms with Gasteiger partial charge in [-0.05, 0) is 30.0 Å². The van der Waals surface area contributed by atoms with Gasteiger partial charge in [-0.25, -0.2) is 0 Å². The van der Waals surface area contributed by atoms with E-state index in [4.69, 9.17) is 0 Å². The Labute approximate surface area is 119 Å². The van der Waals surface area contributed by atoms with Crippen LogP contribution in [0.25, 0.3) is 0 Å². The van der Waals surface area contributed by atoms with Crippen LogP contribution in [0.2, 0.25) is 0 Å². The van der Waals surface area contributed by atoms with Gasteiger partial charge in [0.1, 0.15) is 6.04 Å². The second kappa shape index (κ2) is 6.03. The van der Waals surface area contributed by atoms with Crippen LogP contribution in [0.5, 0.6) is 0 Å². The van der Waals surface area contributed by atoms with Crippen molar-refractivity contribution in [1.29, 1.82) is 0 Å². The van der Waals surface area contributed by atoms with Crippen LogP contribution in [-0.2, 0) is 16.1 Å². The third-order valence-corrected chi connectivity index (χ3v) is 3.94. The van der Waals surface area contributed by atoms with Crippen molar-refractivity contribution in [1.82, 2.24) is 15.2 Å². The maximum Gasteiger partial charge on any atom is 0.246 e. The molecule has 5 heteroatoms. The number of hydrogen-bond donors (Lipinski definition) is 1. The van der Waals surface area contributed by atoms with Crippen molar-refractivity contribution in [3.8, 4) is 0 Å². The lowest BCUT2D eigenvalue weighted by atomic mass is 9.96. The molecule has 1 saturated heterocycles. The summed E-state index contributed by atoms with van der Waals surface area (Å²) in [6.07, 6.45) is 4.35. The van der Waals surface area contributed by atoms with Crippen LogP contribution >= 0.6 is 0 Å². The summed E-state index contributed by atoms with van der Waals surface area (Å²) in [4.78, 5) is 30.0. The van der Waals surface area contributed by atoms with Crippen LogP contribution in [-0.4, -0.2) is 34.3 Å². The number of carbonyl (C=O) groups is 2. The van der Waals surface area contributed by atoms with Crippen molar-refractivity contribution < 1.29 is 9.59 Å². The van der Waals surface area contributed by atoms with Crippen LogP contribution in [0.1, 0.15) is 31.4 Å². The van der Waals surface area contributed by atoms with Gasteiger partial charge in [0.05, 0.1) is 6.54 Å². The number of pyridine rings is 1. The lowest BCUT2D eigenvalue weighted by Crippen LogP contribution is -2.59. The highest BCUT2D eigenvalue weighted by Crippen LogP contribution is 2.17. The number of amides is 2. The molecule has 0 bridgehead atoms. The molecule has 1 aromatic rings. The third kappa shape index (κ3) is 2.98. The van der Waals surface area contributed by atoms with E-state index in [-0.39, 0.29) is 24.3 Å². The van der Waals surface area contributed by atoms with Gasteiger partial charge in [-0.1, -0.05) is 20.3 Å². The van der Waals surface area contributed by atoms with Gasteiger partial charge in [0.2, 0.25) is 11.8 Å². The summed E-state index contributed by atoms with van der Waals surface area (Å²) in [5, 5.41) is 2.80. The molecule has 108 valence electrons. The SMILES string of the molecule is CCC(C)C1NC(=O)CN(Cc2ccncc2C)C1=O. The number of nitrogens with one attached hydrogen (secondary N) is 1. The molecular formula is C15H21N3O2. The zero-order chi connectivity index (χ0) is 14.7. The van der Waals surface area contributed by atoms with E-state index in [1.54, 1.807) is 17.3 Å². The molecule has 0 saturated carbocycles. The topological polar surface area (TPSA) is 62.3 Å².